The molecule has 0 aliphatic carbocycles. The van der Waals surface area contributed by atoms with E-state index in [9.17, 15) is 0 Å². The highest BCUT2D eigenvalue weighted by molar-refractivity contribution is 14.0. The van der Waals surface area contributed by atoms with Crippen LogP contribution in [0.2, 0.25) is 0 Å². The Kier molecular flexibility index (Phi) is 8.02. The zero-order valence-corrected chi connectivity index (χ0v) is 17.1. The van der Waals surface area contributed by atoms with E-state index in [-0.39, 0.29) is 24.0 Å². The van der Waals surface area contributed by atoms with Crippen molar-refractivity contribution >= 4 is 41.7 Å². The van der Waals surface area contributed by atoms with Crippen molar-refractivity contribution in [2.24, 2.45) is 12.0 Å². The van der Waals surface area contributed by atoms with Crippen molar-refractivity contribution in [3.63, 3.8) is 0 Å². The van der Waals surface area contributed by atoms with Gasteiger partial charge in [-0.15, -0.1) is 24.0 Å². The Labute approximate surface area is 155 Å². The molecular formula is C15H28IN5S. The van der Waals surface area contributed by atoms with Crippen LogP contribution in [0.3, 0.4) is 0 Å². The molecule has 5 nitrogen and oxygen atoms in total. The van der Waals surface area contributed by atoms with Gasteiger partial charge >= 0.3 is 0 Å². The summed E-state index contributed by atoms with van der Waals surface area (Å²) in [6.45, 7) is 7.70. The predicted molar refractivity (Wildman–Crippen MR) is 106 cm³/mol. The number of aryl methyl sites for hydroxylation is 2. The van der Waals surface area contributed by atoms with Crippen LogP contribution in [0.5, 0.6) is 0 Å². The van der Waals surface area contributed by atoms with E-state index in [1.807, 2.05) is 36.7 Å². The zero-order valence-electron chi connectivity index (χ0n) is 14.0. The van der Waals surface area contributed by atoms with Gasteiger partial charge in [0.15, 0.2) is 5.96 Å². The molecule has 0 atom stereocenters. The van der Waals surface area contributed by atoms with Crippen LogP contribution in [-0.2, 0) is 13.5 Å². The van der Waals surface area contributed by atoms with Gasteiger partial charge in [0.05, 0.1) is 6.20 Å². The molecule has 126 valence electrons. The first-order chi connectivity index (χ1) is 10.00. The summed E-state index contributed by atoms with van der Waals surface area (Å²) in [5.41, 5.74) is 1.30. The molecule has 22 heavy (non-hydrogen) atoms. The molecule has 0 bridgehead atoms. The lowest BCUT2D eigenvalue weighted by molar-refractivity contribution is 0.375. The van der Waals surface area contributed by atoms with Gasteiger partial charge in [-0.1, -0.05) is 0 Å². The number of hydrogen-bond acceptors (Lipinski definition) is 3. The Morgan fingerprint density at radius 1 is 1.50 bits per heavy atom. The van der Waals surface area contributed by atoms with Crippen LogP contribution in [-0.4, -0.2) is 57.8 Å². The summed E-state index contributed by atoms with van der Waals surface area (Å²) >= 11 is 2.05. The minimum Gasteiger partial charge on any atom is -0.356 e. The third-order valence-corrected chi connectivity index (χ3v) is 4.92. The van der Waals surface area contributed by atoms with Crippen molar-refractivity contribution in [2.45, 2.75) is 31.4 Å². The first-order valence-electron chi connectivity index (χ1n) is 7.57. The van der Waals surface area contributed by atoms with Crippen molar-refractivity contribution < 1.29 is 0 Å². The summed E-state index contributed by atoms with van der Waals surface area (Å²) < 4.78 is 2.17. The Morgan fingerprint density at radius 2 is 2.27 bits per heavy atom. The fourth-order valence-electron chi connectivity index (χ4n) is 2.62. The standard InChI is InChI=1S/C15H27N5S.HI/c1-15(2)12-20(8-9-21-15)14(16-3)17-7-5-6-13-10-18-19(4)11-13;/h10-11H,5-9,12H2,1-4H3,(H,16,17);1H. The van der Waals surface area contributed by atoms with Gasteiger partial charge in [-0.25, -0.2) is 0 Å². The van der Waals surface area contributed by atoms with Crippen LogP contribution in [0, 0.1) is 0 Å². The van der Waals surface area contributed by atoms with Crippen LogP contribution >= 0.6 is 35.7 Å². The first kappa shape index (κ1) is 19.6. The van der Waals surface area contributed by atoms with Crippen molar-refractivity contribution in [3.05, 3.63) is 18.0 Å². The van der Waals surface area contributed by atoms with Gasteiger partial charge in [0.25, 0.3) is 0 Å². The minimum atomic E-state index is 0. The summed E-state index contributed by atoms with van der Waals surface area (Å²) in [6, 6.07) is 0. The van der Waals surface area contributed by atoms with E-state index in [1.54, 1.807) is 0 Å². The minimum absolute atomic E-state index is 0. The molecule has 1 aliphatic heterocycles. The number of hydrogen-bond donors (Lipinski definition) is 1. The van der Waals surface area contributed by atoms with Gasteiger partial charge in [-0.2, -0.15) is 16.9 Å². The van der Waals surface area contributed by atoms with Gasteiger partial charge in [0.1, 0.15) is 0 Å². The Bertz CT molecular complexity index is 486. The van der Waals surface area contributed by atoms with Crippen LogP contribution in [0.15, 0.2) is 17.4 Å². The topological polar surface area (TPSA) is 45.5 Å². The van der Waals surface area contributed by atoms with Gasteiger partial charge < -0.3 is 10.2 Å². The number of halogens is 1. The number of nitrogens with zero attached hydrogens (tertiary/aromatic N) is 4. The first-order valence-corrected chi connectivity index (χ1v) is 8.56. The lowest BCUT2D eigenvalue weighted by Gasteiger charge is -2.39. The fraction of sp³-hybridized carbons (Fsp3) is 0.733. The van der Waals surface area contributed by atoms with E-state index in [2.05, 4.69) is 40.4 Å². The molecule has 1 aromatic heterocycles. The second kappa shape index (κ2) is 9.00. The highest BCUT2D eigenvalue weighted by Crippen LogP contribution is 2.29. The zero-order chi connectivity index (χ0) is 15.3. The molecule has 0 unspecified atom stereocenters. The predicted octanol–water partition coefficient (Wildman–Crippen LogP) is 2.37. The van der Waals surface area contributed by atoms with Crippen LogP contribution in [0.1, 0.15) is 25.8 Å². The molecular weight excluding hydrogens is 409 g/mol. The second-order valence-corrected chi connectivity index (χ2v) is 7.93. The molecule has 0 amide bonds. The van der Waals surface area contributed by atoms with Crippen molar-refractivity contribution in [1.29, 1.82) is 0 Å². The number of rotatable bonds is 4. The quantitative estimate of drug-likeness (QED) is 0.340. The summed E-state index contributed by atoms with van der Waals surface area (Å²) in [4.78, 5) is 6.81. The van der Waals surface area contributed by atoms with Crippen LogP contribution < -0.4 is 5.32 Å². The molecule has 1 fully saturated rings. The molecule has 2 heterocycles. The average molecular weight is 437 g/mol. The number of thioether (sulfide) groups is 1. The maximum atomic E-state index is 4.43. The molecule has 1 N–H and O–H groups in total. The molecule has 7 heteroatoms. The van der Waals surface area contributed by atoms with E-state index >= 15 is 0 Å². The van der Waals surface area contributed by atoms with Crippen molar-refractivity contribution in [2.75, 3.05) is 32.4 Å². The normalized spacial score (nSPS) is 18.0. The van der Waals surface area contributed by atoms with Crippen molar-refractivity contribution in [1.82, 2.24) is 20.0 Å². The highest BCUT2D eigenvalue weighted by Gasteiger charge is 2.28. The van der Waals surface area contributed by atoms with E-state index in [0.29, 0.717) is 4.75 Å². The van der Waals surface area contributed by atoms with Gasteiger partial charge in [-0.05, 0) is 32.3 Å². The van der Waals surface area contributed by atoms with E-state index in [0.717, 1.165) is 38.4 Å². The van der Waals surface area contributed by atoms with Gasteiger partial charge in [0.2, 0.25) is 0 Å². The third-order valence-electron chi connectivity index (χ3n) is 3.62. The third kappa shape index (κ3) is 5.98. The maximum absolute atomic E-state index is 4.43. The smallest absolute Gasteiger partial charge is 0.193 e. The molecule has 2 rings (SSSR count). The summed E-state index contributed by atoms with van der Waals surface area (Å²) in [5, 5.41) is 7.69. The molecule has 1 aromatic rings. The molecule has 0 saturated carbocycles. The Morgan fingerprint density at radius 3 is 2.86 bits per heavy atom. The lowest BCUT2D eigenvalue weighted by atomic mass is 10.2. The largest absolute Gasteiger partial charge is 0.356 e. The van der Waals surface area contributed by atoms with E-state index < -0.39 is 0 Å². The molecule has 1 aliphatic rings. The number of aromatic nitrogens is 2. The van der Waals surface area contributed by atoms with Crippen LogP contribution in [0.25, 0.3) is 0 Å². The molecule has 0 radical (unpaired) electrons. The number of nitrogens with one attached hydrogen (secondary N) is 1. The lowest BCUT2D eigenvalue weighted by Crippen LogP contribution is -2.51. The van der Waals surface area contributed by atoms with Crippen LogP contribution in [0.4, 0.5) is 0 Å². The summed E-state index contributed by atoms with van der Waals surface area (Å²) in [6.07, 6.45) is 6.17. The average Bonchev–Trinajstić information content (AvgIpc) is 2.83. The van der Waals surface area contributed by atoms with Gasteiger partial charge in [0, 0.05) is 50.4 Å². The molecule has 0 spiro atoms. The Balaban J connectivity index is 0.00000242. The molecule has 0 aromatic carbocycles. The van der Waals surface area contributed by atoms with E-state index in [1.165, 1.54) is 11.3 Å². The second-order valence-electron chi connectivity index (χ2n) is 6.13. The summed E-state index contributed by atoms with van der Waals surface area (Å²) in [5.74, 6) is 2.21. The highest BCUT2D eigenvalue weighted by atomic mass is 127. The molecule has 1 saturated heterocycles. The fourth-order valence-corrected chi connectivity index (χ4v) is 3.73. The maximum Gasteiger partial charge on any atom is 0.193 e. The van der Waals surface area contributed by atoms with E-state index in [4.69, 9.17) is 0 Å². The number of guanidine groups is 1. The summed E-state index contributed by atoms with van der Waals surface area (Å²) in [7, 11) is 3.83. The SMILES string of the molecule is CN=C(NCCCc1cnn(C)c1)N1CCSC(C)(C)C1.I. The van der Waals surface area contributed by atoms with Gasteiger partial charge in [-0.3, -0.25) is 9.67 Å². The number of aliphatic imine (C=N–C) groups is 1. The Hall–Kier alpha value is -0.440. The monoisotopic (exact) mass is 437 g/mol. The van der Waals surface area contributed by atoms with Crippen molar-refractivity contribution in [3.8, 4) is 0 Å².